The van der Waals surface area contributed by atoms with Gasteiger partial charge in [-0.2, -0.15) is 0 Å². The van der Waals surface area contributed by atoms with Crippen LogP contribution in [0, 0.1) is 0 Å². The van der Waals surface area contributed by atoms with E-state index in [0.717, 1.165) is 11.1 Å². The van der Waals surface area contributed by atoms with E-state index in [1.54, 1.807) is 17.0 Å². The molecule has 1 heterocycles. The van der Waals surface area contributed by atoms with Gasteiger partial charge in [0.2, 0.25) is 0 Å². The predicted molar refractivity (Wildman–Crippen MR) is 109 cm³/mol. The number of nitrogens with zero attached hydrogens (tertiary/aromatic N) is 2. The molecule has 142 valence electrons. The molecule has 0 spiro atoms. The molecule has 2 amide bonds. The van der Waals surface area contributed by atoms with Crippen molar-refractivity contribution in [3.05, 3.63) is 101 Å². The lowest BCUT2D eigenvalue weighted by Gasteiger charge is -2.20. The highest BCUT2D eigenvalue weighted by atomic mass is 16.2. The summed E-state index contributed by atoms with van der Waals surface area (Å²) in [5.41, 5.74) is 2.76. The van der Waals surface area contributed by atoms with E-state index in [9.17, 15) is 9.59 Å². The average molecular weight is 373 g/mol. The molecule has 0 unspecified atom stereocenters. The van der Waals surface area contributed by atoms with Gasteiger partial charge in [-0.25, -0.2) is 0 Å². The second-order valence-corrected chi connectivity index (χ2v) is 6.40. The number of carbonyl (C=O) groups excluding carboxylic acids is 2. The number of hydrogen-bond acceptors (Lipinski definition) is 3. The maximum atomic E-state index is 12.9. The summed E-state index contributed by atoms with van der Waals surface area (Å²) in [5, 5.41) is 2.87. The van der Waals surface area contributed by atoms with Gasteiger partial charge < -0.3 is 10.2 Å². The summed E-state index contributed by atoms with van der Waals surface area (Å²) in [6.45, 7) is 3.42. The fourth-order valence-electron chi connectivity index (χ4n) is 2.86. The van der Waals surface area contributed by atoms with E-state index in [1.807, 2.05) is 67.6 Å². The van der Waals surface area contributed by atoms with E-state index in [0.29, 0.717) is 25.2 Å². The van der Waals surface area contributed by atoms with E-state index in [4.69, 9.17) is 0 Å². The maximum Gasteiger partial charge on any atom is 0.272 e. The van der Waals surface area contributed by atoms with Crippen LogP contribution in [0.5, 0.6) is 0 Å². The van der Waals surface area contributed by atoms with Gasteiger partial charge in [0.05, 0.1) is 0 Å². The van der Waals surface area contributed by atoms with E-state index in [1.165, 1.54) is 6.20 Å². The number of pyridine rings is 1. The molecule has 0 aliphatic rings. The summed E-state index contributed by atoms with van der Waals surface area (Å²) in [5.74, 6) is -0.421. The Hall–Kier alpha value is -3.47. The van der Waals surface area contributed by atoms with Gasteiger partial charge in [0, 0.05) is 31.4 Å². The zero-order valence-corrected chi connectivity index (χ0v) is 15.8. The molecule has 1 aromatic heterocycles. The van der Waals surface area contributed by atoms with Gasteiger partial charge in [0.25, 0.3) is 11.8 Å². The molecule has 0 aliphatic heterocycles. The Bertz CT molecular complexity index is 927. The molecule has 0 bridgehead atoms. The number of aromatic nitrogens is 1. The topological polar surface area (TPSA) is 62.3 Å². The Morgan fingerprint density at radius 1 is 0.929 bits per heavy atom. The molecule has 3 aromatic rings. The van der Waals surface area contributed by atoms with Gasteiger partial charge in [-0.05, 0) is 30.2 Å². The quantitative estimate of drug-likeness (QED) is 0.687. The SMILES string of the molecule is CCN(Cc1ccccc1)C(=O)c1cc(C(=O)NCc2ccccc2)ccn1. The van der Waals surface area contributed by atoms with E-state index >= 15 is 0 Å². The van der Waals surface area contributed by atoms with E-state index in [-0.39, 0.29) is 17.5 Å². The third kappa shape index (κ3) is 5.04. The summed E-state index contributed by atoms with van der Waals surface area (Å²) in [7, 11) is 0. The monoisotopic (exact) mass is 373 g/mol. The molecule has 0 fully saturated rings. The van der Waals surface area contributed by atoms with Crippen LogP contribution >= 0.6 is 0 Å². The third-order valence-corrected chi connectivity index (χ3v) is 4.42. The highest BCUT2D eigenvalue weighted by molar-refractivity contribution is 5.98. The largest absolute Gasteiger partial charge is 0.348 e. The minimum absolute atomic E-state index is 0.191. The van der Waals surface area contributed by atoms with Crippen molar-refractivity contribution in [3.8, 4) is 0 Å². The first-order valence-electron chi connectivity index (χ1n) is 9.28. The minimum atomic E-state index is -0.230. The Morgan fingerprint density at radius 3 is 2.21 bits per heavy atom. The van der Waals surface area contributed by atoms with Gasteiger partial charge in [0.1, 0.15) is 5.69 Å². The van der Waals surface area contributed by atoms with Crippen LogP contribution in [0.25, 0.3) is 0 Å². The maximum absolute atomic E-state index is 12.9. The molecule has 0 saturated carbocycles. The summed E-state index contributed by atoms with van der Waals surface area (Å²) >= 11 is 0. The Balaban J connectivity index is 1.68. The standard InChI is InChI=1S/C23H23N3O2/c1-2-26(17-19-11-7-4-8-12-19)23(28)21-15-20(13-14-24-21)22(27)25-16-18-9-5-3-6-10-18/h3-15H,2,16-17H2,1H3,(H,25,27). The molecule has 0 atom stereocenters. The van der Waals surface area contributed by atoms with Crippen molar-refractivity contribution in [2.45, 2.75) is 20.0 Å². The highest BCUT2D eigenvalue weighted by Gasteiger charge is 2.17. The first-order valence-corrected chi connectivity index (χ1v) is 9.28. The van der Waals surface area contributed by atoms with Crippen LogP contribution in [0.4, 0.5) is 0 Å². The third-order valence-electron chi connectivity index (χ3n) is 4.42. The Morgan fingerprint density at radius 2 is 1.57 bits per heavy atom. The fraction of sp³-hybridized carbons (Fsp3) is 0.174. The Labute approximate surface area is 165 Å². The van der Waals surface area contributed by atoms with Crippen molar-refractivity contribution in [1.29, 1.82) is 0 Å². The molecular formula is C23H23N3O2. The molecular weight excluding hydrogens is 350 g/mol. The number of carbonyl (C=O) groups is 2. The second kappa shape index (κ2) is 9.46. The first kappa shape index (κ1) is 19.3. The van der Waals surface area contributed by atoms with Crippen molar-refractivity contribution in [2.24, 2.45) is 0 Å². The van der Waals surface area contributed by atoms with E-state index in [2.05, 4.69) is 10.3 Å². The van der Waals surface area contributed by atoms with Crippen molar-refractivity contribution < 1.29 is 9.59 Å². The average Bonchev–Trinajstić information content (AvgIpc) is 2.77. The number of benzene rings is 2. The Kier molecular flexibility index (Phi) is 6.52. The fourth-order valence-corrected chi connectivity index (χ4v) is 2.86. The van der Waals surface area contributed by atoms with Gasteiger partial charge in [0.15, 0.2) is 0 Å². The van der Waals surface area contributed by atoms with Crippen LogP contribution in [0.2, 0.25) is 0 Å². The van der Waals surface area contributed by atoms with Gasteiger partial charge in [-0.1, -0.05) is 60.7 Å². The minimum Gasteiger partial charge on any atom is -0.348 e. The van der Waals surface area contributed by atoms with Crippen molar-refractivity contribution in [1.82, 2.24) is 15.2 Å². The van der Waals surface area contributed by atoms with E-state index < -0.39 is 0 Å². The number of hydrogen-bond donors (Lipinski definition) is 1. The molecule has 5 heteroatoms. The predicted octanol–water partition coefficient (Wildman–Crippen LogP) is 3.67. The number of amides is 2. The van der Waals surface area contributed by atoms with Crippen LogP contribution in [0.1, 0.15) is 38.9 Å². The van der Waals surface area contributed by atoms with Crippen LogP contribution < -0.4 is 5.32 Å². The lowest BCUT2D eigenvalue weighted by atomic mass is 10.1. The molecule has 28 heavy (non-hydrogen) atoms. The van der Waals surface area contributed by atoms with Crippen LogP contribution in [0.3, 0.4) is 0 Å². The summed E-state index contributed by atoms with van der Waals surface area (Å²) in [6.07, 6.45) is 1.50. The van der Waals surface area contributed by atoms with Gasteiger partial charge >= 0.3 is 0 Å². The highest BCUT2D eigenvalue weighted by Crippen LogP contribution is 2.10. The zero-order chi connectivity index (χ0) is 19.8. The molecule has 5 nitrogen and oxygen atoms in total. The zero-order valence-electron chi connectivity index (χ0n) is 15.8. The van der Waals surface area contributed by atoms with Gasteiger partial charge in [-0.15, -0.1) is 0 Å². The lowest BCUT2D eigenvalue weighted by molar-refractivity contribution is 0.0746. The van der Waals surface area contributed by atoms with Gasteiger partial charge in [-0.3, -0.25) is 14.6 Å². The molecule has 0 radical (unpaired) electrons. The normalized spacial score (nSPS) is 10.3. The van der Waals surface area contributed by atoms with Crippen molar-refractivity contribution in [2.75, 3.05) is 6.54 Å². The van der Waals surface area contributed by atoms with Crippen LogP contribution in [0.15, 0.2) is 79.0 Å². The molecule has 0 saturated heterocycles. The number of rotatable bonds is 7. The second-order valence-electron chi connectivity index (χ2n) is 6.40. The molecule has 2 aromatic carbocycles. The smallest absolute Gasteiger partial charge is 0.272 e. The first-order chi connectivity index (χ1) is 13.7. The molecule has 3 rings (SSSR count). The summed E-state index contributed by atoms with van der Waals surface area (Å²) < 4.78 is 0. The summed E-state index contributed by atoms with van der Waals surface area (Å²) in [4.78, 5) is 31.2. The summed E-state index contributed by atoms with van der Waals surface area (Å²) in [6, 6.07) is 22.7. The van der Waals surface area contributed by atoms with Crippen molar-refractivity contribution in [3.63, 3.8) is 0 Å². The van der Waals surface area contributed by atoms with Crippen molar-refractivity contribution >= 4 is 11.8 Å². The van der Waals surface area contributed by atoms with Crippen LogP contribution in [-0.4, -0.2) is 28.2 Å². The lowest BCUT2D eigenvalue weighted by Crippen LogP contribution is -2.31. The van der Waals surface area contributed by atoms with Crippen LogP contribution in [-0.2, 0) is 13.1 Å². The molecule has 0 aliphatic carbocycles. The number of nitrogens with one attached hydrogen (secondary N) is 1. The molecule has 1 N–H and O–H groups in total.